The number of halogens is 2. The van der Waals surface area contributed by atoms with E-state index in [4.69, 9.17) is 17.4 Å². The highest BCUT2D eigenvalue weighted by atomic mass is 79.9. The molecule has 0 radical (unpaired) electrons. The number of hydrogen-bond donors (Lipinski definition) is 2. The van der Waals surface area contributed by atoms with Crippen LogP contribution in [0.5, 0.6) is 0 Å². The molecule has 0 saturated carbocycles. The molecule has 0 aliphatic heterocycles. The van der Waals surface area contributed by atoms with E-state index in [9.17, 15) is 0 Å². The number of nitrogens with two attached hydrogens (primary N) is 1. The molecule has 1 atom stereocenters. The highest BCUT2D eigenvalue weighted by Gasteiger charge is 2.16. The zero-order valence-corrected chi connectivity index (χ0v) is 12.9. The molecule has 3 nitrogen and oxygen atoms in total. The van der Waals surface area contributed by atoms with E-state index in [0.717, 1.165) is 26.3 Å². The van der Waals surface area contributed by atoms with E-state index < -0.39 is 0 Å². The maximum absolute atomic E-state index is 6.26. The van der Waals surface area contributed by atoms with Crippen LogP contribution in [0.3, 0.4) is 0 Å². The van der Waals surface area contributed by atoms with Crippen LogP contribution in [0.4, 0.5) is 0 Å². The van der Waals surface area contributed by atoms with Crippen LogP contribution < -0.4 is 11.3 Å². The molecule has 19 heavy (non-hydrogen) atoms. The fraction of sp³-hybridized carbons (Fsp3) is 0.214. The Hall–Kier alpha value is -0.940. The van der Waals surface area contributed by atoms with Gasteiger partial charge in [0.2, 0.25) is 0 Å². The van der Waals surface area contributed by atoms with Crippen molar-refractivity contribution >= 4 is 27.5 Å². The van der Waals surface area contributed by atoms with Crippen molar-refractivity contribution in [2.75, 3.05) is 0 Å². The van der Waals surface area contributed by atoms with Crippen molar-refractivity contribution in [3.05, 3.63) is 62.8 Å². The third-order valence-electron chi connectivity index (χ3n) is 2.95. The molecule has 3 N–H and O–H groups in total. The number of hydrogen-bond acceptors (Lipinski definition) is 3. The third-order valence-corrected chi connectivity index (χ3v) is 3.97. The van der Waals surface area contributed by atoms with Crippen molar-refractivity contribution in [2.45, 2.75) is 19.4 Å². The lowest BCUT2D eigenvalue weighted by Gasteiger charge is -2.17. The topological polar surface area (TPSA) is 50.9 Å². The van der Waals surface area contributed by atoms with Crippen molar-refractivity contribution in [1.29, 1.82) is 0 Å². The maximum atomic E-state index is 6.26. The zero-order valence-electron chi connectivity index (χ0n) is 10.5. The molecule has 0 saturated heterocycles. The summed E-state index contributed by atoms with van der Waals surface area (Å²) in [5.41, 5.74) is 5.87. The lowest BCUT2D eigenvalue weighted by molar-refractivity contribution is 0.536. The van der Waals surface area contributed by atoms with Crippen LogP contribution in [-0.4, -0.2) is 4.98 Å². The van der Waals surface area contributed by atoms with Crippen LogP contribution in [0, 0.1) is 6.92 Å². The molecule has 2 rings (SSSR count). The lowest BCUT2D eigenvalue weighted by Crippen LogP contribution is -2.30. The van der Waals surface area contributed by atoms with Crippen molar-refractivity contribution in [3.63, 3.8) is 0 Å². The molecule has 0 aliphatic rings. The van der Waals surface area contributed by atoms with Gasteiger partial charge >= 0.3 is 0 Å². The first-order valence-electron chi connectivity index (χ1n) is 5.93. The quantitative estimate of drug-likeness (QED) is 0.661. The van der Waals surface area contributed by atoms with Crippen molar-refractivity contribution in [2.24, 2.45) is 5.84 Å². The molecule has 0 bridgehead atoms. The van der Waals surface area contributed by atoms with Gasteiger partial charge in [-0.3, -0.25) is 16.3 Å². The van der Waals surface area contributed by atoms with Gasteiger partial charge in [0, 0.05) is 15.7 Å². The Morgan fingerprint density at radius 1 is 1.42 bits per heavy atom. The Bertz CT molecular complexity index is 574. The van der Waals surface area contributed by atoms with Gasteiger partial charge < -0.3 is 0 Å². The standard InChI is InChI=1S/C14H15BrClN3/c1-9-4-5-10(12(16)7-9)8-13(19-17)14-11(15)3-2-6-18-14/h2-7,13,19H,8,17H2,1H3. The predicted octanol–water partition coefficient (Wildman–Crippen LogP) is 3.55. The predicted molar refractivity (Wildman–Crippen MR) is 81.9 cm³/mol. The van der Waals surface area contributed by atoms with Gasteiger partial charge in [0.05, 0.1) is 11.7 Å². The Labute approximate surface area is 126 Å². The fourth-order valence-corrected chi connectivity index (χ4v) is 2.77. The highest BCUT2D eigenvalue weighted by Crippen LogP contribution is 2.26. The molecule has 100 valence electrons. The maximum Gasteiger partial charge on any atom is 0.0731 e. The molecule has 0 fully saturated rings. The number of nitrogens with zero attached hydrogens (tertiary/aromatic N) is 1. The van der Waals surface area contributed by atoms with E-state index in [1.54, 1.807) is 6.20 Å². The molecule has 0 amide bonds. The Morgan fingerprint density at radius 3 is 2.84 bits per heavy atom. The van der Waals surface area contributed by atoms with E-state index in [1.807, 2.05) is 37.3 Å². The van der Waals surface area contributed by atoms with Crippen molar-refractivity contribution < 1.29 is 0 Å². The number of pyridine rings is 1. The number of aryl methyl sites for hydroxylation is 1. The zero-order chi connectivity index (χ0) is 13.8. The van der Waals surface area contributed by atoms with E-state index in [2.05, 4.69) is 26.3 Å². The van der Waals surface area contributed by atoms with Gasteiger partial charge in [0.25, 0.3) is 0 Å². The summed E-state index contributed by atoms with van der Waals surface area (Å²) in [6, 6.07) is 9.76. The van der Waals surface area contributed by atoms with E-state index in [-0.39, 0.29) is 6.04 Å². The lowest BCUT2D eigenvalue weighted by atomic mass is 10.0. The minimum atomic E-state index is -0.0872. The minimum Gasteiger partial charge on any atom is -0.271 e. The second kappa shape index (κ2) is 6.48. The number of aromatic nitrogens is 1. The van der Waals surface area contributed by atoms with Crippen LogP contribution in [0.1, 0.15) is 22.9 Å². The number of nitrogens with one attached hydrogen (secondary N) is 1. The second-order valence-electron chi connectivity index (χ2n) is 4.39. The average Bonchev–Trinajstić information content (AvgIpc) is 2.39. The van der Waals surface area contributed by atoms with Gasteiger partial charge in [-0.1, -0.05) is 23.7 Å². The van der Waals surface area contributed by atoms with Gasteiger partial charge in [-0.15, -0.1) is 0 Å². The van der Waals surface area contributed by atoms with E-state index >= 15 is 0 Å². The summed E-state index contributed by atoms with van der Waals surface area (Å²) in [5.74, 6) is 5.65. The van der Waals surface area contributed by atoms with Crippen LogP contribution >= 0.6 is 27.5 Å². The average molecular weight is 341 g/mol. The Morgan fingerprint density at radius 2 is 2.21 bits per heavy atom. The van der Waals surface area contributed by atoms with Gasteiger partial charge in [0.15, 0.2) is 0 Å². The summed E-state index contributed by atoms with van der Waals surface area (Å²) in [6.45, 7) is 2.02. The SMILES string of the molecule is Cc1ccc(CC(NN)c2ncccc2Br)c(Cl)c1. The van der Waals surface area contributed by atoms with Crippen LogP contribution in [0.25, 0.3) is 0 Å². The van der Waals surface area contributed by atoms with Gasteiger partial charge in [0.1, 0.15) is 0 Å². The molecular weight excluding hydrogens is 326 g/mol. The van der Waals surface area contributed by atoms with E-state index in [1.165, 1.54) is 0 Å². The summed E-state index contributed by atoms with van der Waals surface area (Å²) in [6.07, 6.45) is 2.44. The first kappa shape index (κ1) is 14.5. The summed E-state index contributed by atoms with van der Waals surface area (Å²) in [4.78, 5) is 4.36. The summed E-state index contributed by atoms with van der Waals surface area (Å²) < 4.78 is 0.932. The molecular formula is C14H15BrClN3. The summed E-state index contributed by atoms with van der Waals surface area (Å²) in [7, 11) is 0. The molecule has 0 aliphatic carbocycles. The summed E-state index contributed by atoms with van der Waals surface area (Å²) >= 11 is 9.75. The largest absolute Gasteiger partial charge is 0.271 e. The molecule has 1 aromatic heterocycles. The third kappa shape index (κ3) is 3.54. The van der Waals surface area contributed by atoms with Gasteiger partial charge in [-0.05, 0) is 58.6 Å². The highest BCUT2D eigenvalue weighted by molar-refractivity contribution is 9.10. The van der Waals surface area contributed by atoms with Gasteiger partial charge in [-0.25, -0.2) is 0 Å². The molecule has 0 spiro atoms. The smallest absolute Gasteiger partial charge is 0.0731 e. The van der Waals surface area contributed by atoms with E-state index in [0.29, 0.717) is 6.42 Å². The van der Waals surface area contributed by atoms with Crippen LogP contribution in [0.15, 0.2) is 41.0 Å². The molecule has 5 heteroatoms. The first-order valence-corrected chi connectivity index (χ1v) is 7.10. The number of hydrazine groups is 1. The molecule has 1 heterocycles. The second-order valence-corrected chi connectivity index (χ2v) is 5.65. The number of benzene rings is 1. The van der Waals surface area contributed by atoms with Crippen LogP contribution in [-0.2, 0) is 6.42 Å². The van der Waals surface area contributed by atoms with Gasteiger partial charge in [-0.2, -0.15) is 0 Å². The van der Waals surface area contributed by atoms with Crippen molar-refractivity contribution in [1.82, 2.24) is 10.4 Å². The molecule has 1 aromatic carbocycles. The number of rotatable bonds is 4. The Balaban J connectivity index is 2.27. The first-order chi connectivity index (χ1) is 9.11. The van der Waals surface area contributed by atoms with Crippen molar-refractivity contribution in [3.8, 4) is 0 Å². The fourth-order valence-electron chi connectivity index (χ4n) is 1.93. The molecule has 1 unspecified atom stereocenters. The van der Waals surface area contributed by atoms with Crippen LogP contribution in [0.2, 0.25) is 5.02 Å². The monoisotopic (exact) mass is 339 g/mol. The normalized spacial score (nSPS) is 12.4. The molecule has 2 aromatic rings. The Kier molecular flexibility index (Phi) is 4.93. The summed E-state index contributed by atoms with van der Waals surface area (Å²) in [5, 5.41) is 0.757. The minimum absolute atomic E-state index is 0.0872.